The third kappa shape index (κ3) is 3.43. The number of hydrogen-bond acceptors (Lipinski definition) is 4. The second kappa shape index (κ2) is 7.72. The summed E-state index contributed by atoms with van der Waals surface area (Å²) in [6, 6.07) is 7.76. The van der Waals surface area contributed by atoms with Gasteiger partial charge in [0.1, 0.15) is 5.00 Å². The van der Waals surface area contributed by atoms with Crippen molar-refractivity contribution < 1.29 is 19.5 Å². The number of carbonyl (C=O) groups is 3. The van der Waals surface area contributed by atoms with Gasteiger partial charge < -0.3 is 16.2 Å². The molecule has 2 aromatic rings. The normalized spacial score (nSPS) is 24.6. The highest BCUT2D eigenvalue weighted by Crippen LogP contribution is 2.46. The van der Waals surface area contributed by atoms with Crippen LogP contribution in [0.2, 0.25) is 0 Å². The molecule has 4 N–H and O–H groups in total. The van der Waals surface area contributed by atoms with Gasteiger partial charge >= 0.3 is 5.97 Å². The van der Waals surface area contributed by atoms with E-state index in [4.69, 9.17) is 5.73 Å². The number of carboxylic acid groups (broad SMARTS) is 1. The molecular formula is C23H24N2O4S. The van der Waals surface area contributed by atoms with Crippen LogP contribution in [0.4, 0.5) is 5.00 Å². The molecule has 4 atom stereocenters. The van der Waals surface area contributed by atoms with Gasteiger partial charge in [-0.3, -0.25) is 14.4 Å². The van der Waals surface area contributed by atoms with Crippen LogP contribution in [0.25, 0.3) is 11.1 Å². The molecule has 0 unspecified atom stereocenters. The van der Waals surface area contributed by atoms with Gasteiger partial charge in [-0.2, -0.15) is 0 Å². The molecule has 5 rings (SSSR count). The summed E-state index contributed by atoms with van der Waals surface area (Å²) in [5, 5.41) is 13.0. The molecule has 1 heterocycles. The molecule has 1 saturated carbocycles. The summed E-state index contributed by atoms with van der Waals surface area (Å²) in [7, 11) is 0. The number of primary amides is 1. The Morgan fingerprint density at radius 2 is 1.63 bits per heavy atom. The zero-order chi connectivity index (χ0) is 21.6. The second-order valence-corrected chi connectivity index (χ2v) is 9.36. The van der Waals surface area contributed by atoms with E-state index in [1.807, 2.05) is 50.3 Å². The van der Waals surface area contributed by atoms with E-state index in [-0.39, 0.29) is 23.3 Å². The lowest BCUT2D eigenvalue weighted by Crippen LogP contribution is -2.47. The molecule has 1 aromatic carbocycles. The Labute approximate surface area is 178 Å². The summed E-state index contributed by atoms with van der Waals surface area (Å²) >= 11 is 1.29. The number of rotatable bonds is 5. The highest BCUT2D eigenvalue weighted by molar-refractivity contribution is 7.17. The third-order valence-corrected chi connectivity index (χ3v) is 7.26. The number of aryl methyl sites for hydroxylation is 2. The molecule has 0 radical (unpaired) electrons. The van der Waals surface area contributed by atoms with Gasteiger partial charge in [0.25, 0.3) is 5.91 Å². The Bertz CT molecular complexity index is 1050. The Morgan fingerprint density at radius 3 is 2.17 bits per heavy atom. The van der Waals surface area contributed by atoms with E-state index in [9.17, 15) is 19.5 Å². The zero-order valence-corrected chi connectivity index (χ0v) is 17.7. The van der Waals surface area contributed by atoms with E-state index in [1.165, 1.54) is 11.3 Å². The van der Waals surface area contributed by atoms with Crippen molar-refractivity contribution in [1.29, 1.82) is 0 Å². The van der Waals surface area contributed by atoms with Gasteiger partial charge in [-0.25, -0.2) is 0 Å². The van der Waals surface area contributed by atoms with Crippen molar-refractivity contribution in [1.82, 2.24) is 0 Å². The highest BCUT2D eigenvalue weighted by Gasteiger charge is 2.48. The van der Waals surface area contributed by atoms with E-state index in [1.54, 1.807) is 0 Å². The fraction of sp³-hybridized carbons (Fsp3) is 0.348. The summed E-state index contributed by atoms with van der Waals surface area (Å²) in [5.74, 6) is -3.57. The minimum atomic E-state index is -0.952. The average molecular weight is 425 g/mol. The minimum absolute atomic E-state index is 0.106. The number of fused-ring (bicyclic) bond motifs is 2. The van der Waals surface area contributed by atoms with Crippen LogP contribution in [0.3, 0.4) is 0 Å². The SMILES string of the molecule is Cc1ccc(-c2c(C)sc(NC(=O)[C@H]3[C@@H](C(=O)O)[C@H]4C=C[C@H]3CC4)c2C(N)=O)cc1. The number of allylic oxidation sites excluding steroid dienone is 2. The first-order valence-electron chi connectivity index (χ1n) is 10.00. The molecule has 2 amide bonds. The molecule has 6 nitrogen and oxygen atoms in total. The number of hydrogen-bond donors (Lipinski definition) is 3. The number of nitrogens with one attached hydrogen (secondary N) is 1. The van der Waals surface area contributed by atoms with Crippen molar-refractivity contribution in [3.63, 3.8) is 0 Å². The Morgan fingerprint density at radius 1 is 1.03 bits per heavy atom. The highest BCUT2D eigenvalue weighted by atomic mass is 32.1. The first kappa shape index (κ1) is 20.3. The van der Waals surface area contributed by atoms with Crippen LogP contribution < -0.4 is 11.1 Å². The second-order valence-electron chi connectivity index (χ2n) is 8.14. The predicted octanol–water partition coefficient (Wildman–Crippen LogP) is 3.98. The number of amides is 2. The Kier molecular flexibility index (Phi) is 5.24. The predicted molar refractivity (Wildman–Crippen MR) is 116 cm³/mol. The molecule has 2 bridgehead atoms. The quantitative estimate of drug-likeness (QED) is 0.631. The lowest BCUT2D eigenvalue weighted by Gasteiger charge is -2.41. The number of carbonyl (C=O) groups excluding carboxylic acids is 2. The number of aliphatic carboxylic acids is 1. The van der Waals surface area contributed by atoms with Crippen LogP contribution >= 0.6 is 11.3 Å². The maximum absolute atomic E-state index is 13.2. The standard InChI is InChI=1S/C23H24N2O4S/c1-11-3-5-13(6-4-11)16-12(2)30-22(19(16)20(24)26)25-21(27)17-14-7-9-15(10-8-14)18(17)23(28)29/h3-7,9,14-15,17-18H,8,10H2,1-2H3,(H2,24,26)(H,25,27)(H,28,29)/t14-,15-,17+,18-/m0/s1. The number of benzene rings is 1. The monoisotopic (exact) mass is 424 g/mol. The maximum Gasteiger partial charge on any atom is 0.307 e. The van der Waals surface area contributed by atoms with Crippen LogP contribution in [-0.4, -0.2) is 22.9 Å². The lowest BCUT2D eigenvalue weighted by molar-refractivity contribution is -0.151. The zero-order valence-electron chi connectivity index (χ0n) is 16.8. The number of carboxylic acids is 1. The van der Waals surface area contributed by atoms with Crippen molar-refractivity contribution in [2.75, 3.05) is 5.32 Å². The first-order chi connectivity index (χ1) is 14.3. The van der Waals surface area contributed by atoms with E-state index in [0.717, 1.165) is 28.8 Å². The fourth-order valence-electron chi connectivity index (χ4n) is 4.82. The molecule has 0 saturated heterocycles. The minimum Gasteiger partial charge on any atom is -0.481 e. The van der Waals surface area contributed by atoms with Crippen molar-refractivity contribution in [3.05, 3.63) is 52.4 Å². The van der Waals surface area contributed by atoms with E-state index in [0.29, 0.717) is 10.6 Å². The lowest BCUT2D eigenvalue weighted by atomic mass is 9.62. The van der Waals surface area contributed by atoms with Gasteiger partial charge in [-0.05, 0) is 44.1 Å². The summed E-state index contributed by atoms with van der Waals surface area (Å²) in [6.45, 7) is 3.86. The van der Waals surface area contributed by atoms with Crippen LogP contribution in [-0.2, 0) is 9.59 Å². The van der Waals surface area contributed by atoms with Crippen molar-refractivity contribution in [2.24, 2.45) is 29.4 Å². The van der Waals surface area contributed by atoms with Crippen molar-refractivity contribution in [3.8, 4) is 11.1 Å². The van der Waals surface area contributed by atoms with Gasteiger partial charge in [0.15, 0.2) is 0 Å². The summed E-state index contributed by atoms with van der Waals surface area (Å²) in [4.78, 5) is 38.3. The fourth-order valence-corrected chi connectivity index (χ4v) is 5.90. The van der Waals surface area contributed by atoms with Gasteiger partial charge in [-0.15, -0.1) is 11.3 Å². The Hall–Kier alpha value is -2.93. The molecule has 30 heavy (non-hydrogen) atoms. The Balaban J connectivity index is 1.70. The maximum atomic E-state index is 13.2. The summed E-state index contributed by atoms with van der Waals surface area (Å²) in [5.41, 5.74) is 8.64. The van der Waals surface area contributed by atoms with Gasteiger partial charge in [0, 0.05) is 10.4 Å². The number of anilines is 1. The molecule has 0 spiro atoms. The van der Waals surface area contributed by atoms with E-state index >= 15 is 0 Å². The van der Waals surface area contributed by atoms with E-state index < -0.39 is 23.7 Å². The number of thiophene rings is 1. The van der Waals surface area contributed by atoms with Crippen LogP contribution in [0.5, 0.6) is 0 Å². The van der Waals surface area contributed by atoms with Crippen molar-refractivity contribution >= 4 is 34.1 Å². The van der Waals surface area contributed by atoms with Crippen LogP contribution in [0, 0.1) is 37.5 Å². The smallest absolute Gasteiger partial charge is 0.307 e. The molecule has 1 fully saturated rings. The van der Waals surface area contributed by atoms with Gasteiger partial charge in [0.2, 0.25) is 5.91 Å². The number of nitrogens with two attached hydrogens (primary N) is 1. The summed E-state index contributed by atoms with van der Waals surface area (Å²) in [6.07, 6.45) is 5.47. The van der Waals surface area contributed by atoms with Crippen LogP contribution in [0.15, 0.2) is 36.4 Å². The molecule has 156 valence electrons. The van der Waals surface area contributed by atoms with Crippen molar-refractivity contribution in [2.45, 2.75) is 26.7 Å². The molecule has 3 aliphatic carbocycles. The molecule has 0 aliphatic heterocycles. The van der Waals surface area contributed by atoms with Gasteiger partial charge in [-0.1, -0.05) is 42.0 Å². The van der Waals surface area contributed by atoms with Gasteiger partial charge in [0.05, 0.1) is 17.4 Å². The molecular weight excluding hydrogens is 400 g/mol. The topological polar surface area (TPSA) is 109 Å². The van der Waals surface area contributed by atoms with E-state index in [2.05, 4.69) is 5.32 Å². The molecule has 1 aromatic heterocycles. The first-order valence-corrected chi connectivity index (χ1v) is 10.8. The van der Waals surface area contributed by atoms with Crippen LogP contribution in [0.1, 0.15) is 33.6 Å². The molecule has 3 aliphatic rings. The third-order valence-electron chi connectivity index (χ3n) is 6.24. The summed E-state index contributed by atoms with van der Waals surface area (Å²) < 4.78 is 0. The largest absolute Gasteiger partial charge is 0.481 e. The average Bonchev–Trinajstić information content (AvgIpc) is 3.04. The molecule has 7 heteroatoms.